The fourth-order valence-corrected chi connectivity index (χ4v) is 3.15. The Hall–Kier alpha value is -0.990. The summed E-state index contributed by atoms with van der Waals surface area (Å²) in [6.45, 7) is 3.25. The molecular formula is C13H15ClN2. The molecule has 0 saturated heterocycles. The monoisotopic (exact) mass is 234 g/mol. The summed E-state index contributed by atoms with van der Waals surface area (Å²) in [7, 11) is 2.13. The number of rotatable bonds is 0. The maximum absolute atomic E-state index is 6.32. The van der Waals surface area contributed by atoms with E-state index in [1.54, 1.807) is 0 Å². The van der Waals surface area contributed by atoms with Crippen LogP contribution in [0.5, 0.6) is 0 Å². The lowest BCUT2D eigenvalue weighted by molar-refractivity contribution is 0.515. The van der Waals surface area contributed by atoms with Crippen LogP contribution in [-0.2, 0) is 13.5 Å². The van der Waals surface area contributed by atoms with Crippen LogP contribution in [0.2, 0.25) is 5.02 Å². The van der Waals surface area contributed by atoms with Gasteiger partial charge in [-0.2, -0.15) is 0 Å². The Kier molecular flexibility index (Phi) is 2.23. The van der Waals surface area contributed by atoms with Crippen molar-refractivity contribution in [3.8, 4) is 0 Å². The molecule has 2 nitrogen and oxygen atoms in total. The van der Waals surface area contributed by atoms with Gasteiger partial charge in [0.2, 0.25) is 0 Å². The second-order valence-electron chi connectivity index (χ2n) is 4.48. The largest absolute Gasteiger partial charge is 0.346 e. The molecule has 1 N–H and O–H groups in total. The third-order valence-electron chi connectivity index (χ3n) is 3.56. The standard InChI is InChI=1S/C13H15ClN2/c1-8-13-9(6-7-15-8)12-10(14)4-3-5-11(12)16(13)2/h3-5,8,15H,6-7H2,1-2H3. The Bertz CT molecular complexity index is 557. The molecule has 0 amide bonds. The van der Waals surface area contributed by atoms with Crippen LogP contribution in [0.25, 0.3) is 10.9 Å². The van der Waals surface area contributed by atoms with Crippen molar-refractivity contribution in [2.24, 2.45) is 7.05 Å². The van der Waals surface area contributed by atoms with E-state index in [1.165, 1.54) is 22.2 Å². The fraction of sp³-hybridized carbons (Fsp3) is 0.385. The molecule has 0 fully saturated rings. The molecule has 16 heavy (non-hydrogen) atoms. The predicted molar refractivity (Wildman–Crippen MR) is 68.1 cm³/mol. The number of hydrogen-bond donors (Lipinski definition) is 1. The van der Waals surface area contributed by atoms with E-state index in [4.69, 9.17) is 11.6 Å². The van der Waals surface area contributed by atoms with Gasteiger partial charge in [0.1, 0.15) is 0 Å². The molecule has 1 atom stereocenters. The van der Waals surface area contributed by atoms with Crippen molar-refractivity contribution in [3.05, 3.63) is 34.5 Å². The number of aryl methyl sites for hydroxylation is 1. The number of fused-ring (bicyclic) bond motifs is 3. The van der Waals surface area contributed by atoms with Crippen LogP contribution >= 0.6 is 11.6 Å². The Balaban J connectivity index is 2.44. The predicted octanol–water partition coefficient (Wildman–Crippen LogP) is 3.04. The molecule has 84 valence electrons. The molecule has 1 unspecified atom stereocenters. The molecule has 1 aromatic heterocycles. The van der Waals surface area contributed by atoms with Gasteiger partial charge >= 0.3 is 0 Å². The summed E-state index contributed by atoms with van der Waals surface area (Å²) in [5.41, 5.74) is 4.05. The minimum absolute atomic E-state index is 0.414. The zero-order chi connectivity index (χ0) is 11.3. The van der Waals surface area contributed by atoms with Crippen molar-refractivity contribution in [2.45, 2.75) is 19.4 Å². The SMILES string of the molecule is CC1NCCc2c1n(C)c1cccc(Cl)c21. The average Bonchev–Trinajstić information content (AvgIpc) is 2.56. The summed E-state index contributed by atoms with van der Waals surface area (Å²) in [5, 5.41) is 5.62. The van der Waals surface area contributed by atoms with Crippen molar-refractivity contribution in [1.82, 2.24) is 9.88 Å². The van der Waals surface area contributed by atoms with E-state index in [2.05, 4.69) is 29.9 Å². The second-order valence-corrected chi connectivity index (χ2v) is 4.89. The van der Waals surface area contributed by atoms with Gasteiger partial charge in [0.25, 0.3) is 0 Å². The van der Waals surface area contributed by atoms with E-state index >= 15 is 0 Å². The van der Waals surface area contributed by atoms with Gasteiger partial charge in [0.05, 0.1) is 5.02 Å². The maximum atomic E-state index is 6.32. The average molecular weight is 235 g/mol. The van der Waals surface area contributed by atoms with Crippen LogP contribution in [-0.4, -0.2) is 11.1 Å². The van der Waals surface area contributed by atoms with Gasteiger partial charge in [-0.25, -0.2) is 0 Å². The van der Waals surface area contributed by atoms with Crippen LogP contribution in [0.1, 0.15) is 24.2 Å². The van der Waals surface area contributed by atoms with Crippen LogP contribution in [0.15, 0.2) is 18.2 Å². The van der Waals surface area contributed by atoms with Gasteiger partial charge in [-0.1, -0.05) is 17.7 Å². The van der Waals surface area contributed by atoms with Crippen molar-refractivity contribution < 1.29 is 0 Å². The number of aromatic nitrogens is 1. The van der Waals surface area contributed by atoms with Gasteiger partial charge in [-0.3, -0.25) is 0 Å². The van der Waals surface area contributed by atoms with Gasteiger partial charge in [0, 0.05) is 29.7 Å². The first-order chi connectivity index (χ1) is 7.70. The smallest absolute Gasteiger partial charge is 0.0502 e. The highest BCUT2D eigenvalue weighted by molar-refractivity contribution is 6.35. The third kappa shape index (κ3) is 1.23. The first-order valence-electron chi connectivity index (χ1n) is 5.69. The number of halogens is 1. The van der Waals surface area contributed by atoms with Gasteiger partial charge < -0.3 is 9.88 Å². The number of nitrogens with one attached hydrogen (secondary N) is 1. The number of hydrogen-bond acceptors (Lipinski definition) is 1. The van der Waals surface area contributed by atoms with Gasteiger partial charge in [-0.15, -0.1) is 0 Å². The Morgan fingerprint density at radius 3 is 3.06 bits per heavy atom. The van der Waals surface area contributed by atoms with E-state index in [0.717, 1.165) is 18.0 Å². The molecule has 1 aromatic carbocycles. The van der Waals surface area contributed by atoms with Crippen molar-refractivity contribution in [1.29, 1.82) is 0 Å². The summed E-state index contributed by atoms with van der Waals surface area (Å²) >= 11 is 6.32. The van der Waals surface area contributed by atoms with Crippen LogP contribution in [0, 0.1) is 0 Å². The zero-order valence-corrected chi connectivity index (χ0v) is 10.3. The lowest BCUT2D eigenvalue weighted by atomic mass is 10.0. The summed E-state index contributed by atoms with van der Waals surface area (Å²) in [6.07, 6.45) is 1.07. The summed E-state index contributed by atoms with van der Waals surface area (Å²) in [4.78, 5) is 0. The highest BCUT2D eigenvalue weighted by Gasteiger charge is 2.23. The first-order valence-corrected chi connectivity index (χ1v) is 6.07. The minimum atomic E-state index is 0.414. The third-order valence-corrected chi connectivity index (χ3v) is 3.88. The van der Waals surface area contributed by atoms with Crippen LogP contribution in [0.4, 0.5) is 0 Å². The summed E-state index contributed by atoms with van der Waals surface area (Å²) < 4.78 is 2.27. The van der Waals surface area contributed by atoms with E-state index in [-0.39, 0.29) is 0 Å². The van der Waals surface area contributed by atoms with Gasteiger partial charge in [0.15, 0.2) is 0 Å². The molecule has 1 aliphatic rings. The quantitative estimate of drug-likeness (QED) is 0.742. The lowest BCUT2D eigenvalue weighted by Crippen LogP contribution is -2.28. The molecule has 3 rings (SSSR count). The molecule has 0 radical (unpaired) electrons. The van der Waals surface area contributed by atoms with E-state index in [1.807, 2.05) is 12.1 Å². The molecule has 2 aromatic rings. The van der Waals surface area contributed by atoms with E-state index < -0.39 is 0 Å². The molecule has 0 spiro atoms. The molecule has 0 bridgehead atoms. The van der Waals surface area contributed by atoms with Crippen molar-refractivity contribution in [3.63, 3.8) is 0 Å². The molecule has 3 heteroatoms. The molecular weight excluding hydrogens is 220 g/mol. The Morgan fingerprint density at radius 1 is 1.44 bits per heavy atom. The highest BCUT2D eigenvalue weighted by Crippen LogP contribution is 2.35. The molecule has 0 saturated carbocycles. The Labute approximate surface area is 100 Å². The summed E-state index contributed by atoms with van der Waals surface area (Å²) in [5.74, 6) is 0. The van der Waals surface area contributed by atoms with E-state index in [9.17, 15) is 0 Å². The zero-order valence-electron chi connectivity index (χ0n) is 9.55. The highest BCUT2D eigenvalue weighted by atomic mass is 35.5. The minimum Gasteiger partial charge on any atom is -0.346 e. The Morgan fingerprint density at radius 2 is 2.25 bits per heavy atom. The van der Waals surface area contributed by atoms with Crippen LogP contribution in [0.3, 0.4) is 0 Å². The van der Waals surface area contributed by atoms with Crippen molar-refractivity contribution >= 4 is 22.5 Å². The normalized spacial score (nSPS) is 20.1. The topological polar surface area (TPSA) is 17.0 Å². The van der Waals surface area contributed by atoms with Crippen LogP contribution < -0.4 is 5.32 Å². The summed E-state index contributed by atoms with van der Waals surface area (Å²) in [6, 6.07) is 6.56. The van der Waals surface area contributed by atoms with E-state index in [0.29, 0.717) is 6.04 Å². The molecule has 0 aliphatic carbocycles. The second kappa shape index (κ2) is 3.51. The number of benzene rings is 1. The first kappa shape index (κ1) is 10.2. The fourth-order valence-electron chi connectivity index (χ4n) is 2.87. The van der Waals surface area contributed by atoms with Crippen molar-refractivity contribution in [2.75, 3.05) is 6.54 Å². The number of nitrogens with zero attached hydrogens (tertiary/aromatic N) is 1. The maximum Gasteiger partial charge on any atom is 0.0502 e. The van der Waals surface area contributed by atoms with Gasteiger partial charge in [-0.05, 0) is 37.6 Å². The molecule has 1 aliphatic heterocycles. The molecule has 2 heterocycles. The lowest BCUT2D eigenvalue weighted by Gasteiger charge is -2.22.